The molecule has 216 valence electrons. The molecule has 0 heterocycles. The van der Waals surface area contributed by atoms with E-state index < -0.39 is 29.5 Å². The smallest absolute Gasteiger partial charge is 0.407 e. The highest BCUT2D eigenvalue weighted by Crippen LogP contribution is 2.25. The van der Waals surface area contributed by atoms with E-state index in [1.807, 2.05) is 72.8 Å². The number of nitrogens with two attached hydrogens (primary N) is 1. The number of nitrogens with one attached hydrogen (secondary N) is 1. The molecule has 4 N–H and O–H groups in total. The minimum absolute atomic E-state index is 0.184. The summed E-state index contributed by atoms with van der Waals surface area (Å²) in [5.41, 5.74) is 3.69. The van der Waals surface area contributed by atoms with E-state index in [1.54, 1.807) is 31.8 Å². The van der Waals surface area contributed by atoms with Crippen molar-refractivity contribution in [3.8, 4) is 17.2 Å². The second-order valence-electron chi connectivity index (χ2n) is 11.1. The van der Waals surface area contributed by atoms with Crippen molar-refractivity contribution in [1.29, 1.82) is 5.26 Å². The Bertz CT molecular complexity index is 1330. The summed E-state index contributed by atoms with van der Waals surface area (Å²) in [4.78, 5) is 25.5. The van der Waals surface area contributed by atoms with E-state index >= 15 is 0 Å². The van der Waals surface area contributed by atoms with Crippen LogP contribution in [-0.2, 0) is 22.5 Å². The van der Waals surface area contributed by atoms with Crippen LogP contribution in [0.4, 0.5) is 4.79 Å². The van der Waals surface area contributed by atoms with E-state index in [2.05, 4.69) is 11.4 Å². The molecule has 0 saturated carbocycles. The fourth-order valence-electron chi connectivity index (χ4n) is 4.60. The Morgan fingerprint density at radius 3 is 2.24 bits per heavy atom. The van der Waals surface area contributed by atoms with E-state index in [0.717, 1.165) is 22.3 Å². The number of hydrogen-bond donors (Lipinski definition) is 3. The van der Waals surface area contributed by atoms with Gasteiger partial charge in [0.05, 0.1) is 24.8 Å². The predicted octanol–water partition coefficient (Wildman–Crippen LogP) is 4.89. The van der Waals surface area contributed by atoms with Gasteiger partial charge >= 0.3 is 6.09 Å². The van der Waals surface area contributed by atoms with Crippen LogP contribution < -0.4 is 11.2 Å². The van der Waals surface area contributed by atoms with Gasteiger partial charge in [-0.05, 0) is 46.6 Å². The molecule has 9 nitrogen and oxygen atoms in total. The largest absolute Gasteiger partial charge is 0.453 e. The van der Waals surface area contributed by atoms with Crippen LogP contribution in [0.3, 0.4) is 0 Å². The lowest BCUT2D eigenvalue weighted by molar-refractivity contribution is -0.183. The number of hydrazine groups is 1. The van der Waals surface area contributed by atoms with Crippen LogP contribution in [0.2, 0.25) is 0 Å². The van der Waals surface area contributed by atoms with Gasteiger partial charge in [-0.1, -0.05) is 93.6 Å². The van der Waals surface area contributed by atoms with Crippen molar-refractivity contribution in [3.05, 3.63) is 95.6 Å². The molecule has 0 bridgehead atoms. The first kappa shape index (κ1) is 31.3. The van der Waals surface area contributed by atoms with Gasteiger partial charge in [0.15, 0.2) is 0 Å². The molecule has 0 fully saturated rings. The van der Waals surface area contributed by atoms with Gasteiger partial charge in [0, 0.05) is 13.1 Å². The molecule has 41 heavy (non-hydrogen) atoms. The van der Waals surface area contributed by atoms with Crippen molar-refractivity contribution in [3.63, 3.8) is 0 Å². The van der Waals surface area contributed by atoms with Gasteiger partial charge in [0.25, 0.3) is 5.91 Å². The Balaban J connectivity index is 1.77. The van der Waals surface area contributed by atoms with Gasteiger partial charge in [-0.15, -0.1) is 0 Å². The van der Waals surface area contributed by atoms with Crippen LogP contribution in [-0.4, -0.2) is 53.0 Å². The number of aryl methyl sites for hydroxylation is 1. The second-order valence-corrected chi connectivity index (χ2v) is 11.1. The molecular formula is C32H39N5O4. The molecule has 0 aliphatic heterocycles. The normalized spacial score (nSPS) is 12.7. The summed E-state index contributed by atoms with van der Waals surface area (Å²) in [6.07, 6.45) is 0.300. The lowest BCUT2D eigenvalue weighted by Gasteiger charge is -2.36. The number of hydroxylamine groups is 2. The van der Waals surface area contributed by atoms with Crippen molar-refractivity contribution in [2.45, 2.75) is 52.2 Å². The van der Waals surface area contributed by atoms with Gasteiger partial charge < -0.3 is 10.1 Å². The first-order chi connectivity index (χ1) is 19.5. The average molecular weight is 558 g/mol. The number of ether oxygens (including phenoxy) is 1. The highest BCUT2D eigenvalue weighted by Gasteiger charge is 2.38. The van der Waals surface area contributed by atoms with Crippen molar-refractivity contribution >= 4 is 12.0 Å². The summed E-state index contributed by atoms with van der Waals surface area (Å²) in [5, 5.41) is 25.4. The first-order valence-corrected chi connectivity index (χ1v) is 13.5. The standard InChI is InChI=1S/C32H39N5O4/c1-32(2,3)29(35-31(39)41-4)30(38)37(40)27(19-16-23-10-6-5-7-11-23)22-36(34)21-24-14-17-25(18-15-24)28-13-9-8-12-26(28)20-33/h5-15,17-18,27,29,40H,16,19,21-22,34H2,1-4H3,(H,35,39)/t27-,29+/m0/s1. The van der Waals surface area contributed by atoms with E-state index in [-0.39, 0.29) is 6.54 Å². The Hall–Kier alpha value is -4.23. The Kier molecular flexibility index (Phi) is 11.0. The quantitative estimate of drug-likeness (QED) is 0.174. The third-order valence-corrected chi connectivity index (χ3v) is 6.88. The lowest BCUT2D eigenvalue weighted by Crippen LogP contribution is -2.57. The van der Waals surface area contributed by atoms with Gasteiger partial charge in [-0.3, -0.25) is 15.8 Å². The van der Waals surface area contributed by atoms with Crippen molar-refractivity contribution in [2.75, 3.05) is 13.7 Å². The maximum atomic E-state index is 13.5. The van der Waals surface area contributed by atoms with Gasteiger partial charge in [0.2, 0.25) is 0 Å². The summed E-state index contributed by atoms with van der Waals surface area (Å²) in [6, 6.07) is 25.5. The van der Waals surface area contributed by atoms with Crippen LogP contribution in [0, 0.1) is 16.7 Å². The van der Waals surface area contributed by atoms with Gasteiger partial charge in [-0.25, -0.2) is 14.9 Å². The third kappa shape index (κ3) is 8.88. The van der Waals surface area contributed by atoms with Crippen LogP contribution in [0.15, 0.2) is 78.9 Å². The third-order valence-electron chi connectivity index (χ3n) is 6.88. The molecule has 2 atom stereocenters. The Labute approximate surface area is 242 Å². The average Bonchev–Trinajstić information content (AvgIpc) is 2.97. The number of hydrogen-bond acceptors (Lipinski definition) is 7. The molecule has 0 aliphatic rings. The Morgan fingerprint density at radius 2 is 1.63 bits per heavy atom. The number of nitriles is 1. The number of alkyl carbamates (subject to hydrolysis) is 1. The van der Waals surface area contributed by atoms with Crippen LogP contribution >= 0.6 is 0 Å². The molecule has 2 amide bonds. The minimum Gasteiger partial charge on any atom is -0.453 e. The number of methoxy groups -OCH3 is 1. The molecule has 0 radical (unpaired) electrons. The van der Waals surface area contributed by atoms with Crippen molar-refractivity contribution in [2.24, 2.45) is 11.3 Å². The highest BCUT2D eigenvalue weighted by atomic mass is 16.5. The monoisotopic (exact) mass is 557 g/mol. The van der Waals surface area contributed by atoms with Crippen LogP contribution in [0.5, 0.6) is 0 Å². The molecule has 0 saturated heterocycles. The van der Waals surface area contributed by atoms with E-state index in [1.165, 1.54) is 7.11 Å². The summed E-state index contributed by atoms with van der Waals surface area (Å²) in [6.45, 7) is 5.95. The summed E-state index contributed by atoms with van der Waals surface area (Å²) >= 11 is 0. The van der Waals surface area contributed by atoms with Gasteiger partial charge in [0.1, 0.15) is 6.04 Å². The number of carbonyl (C=O) groups excluding carboxylic acids is 2. The zero-order chi connectivity index (χ0) is 30.0. The Morgan fingerprint density at radius 1 is 1.00 bits per heavy atom. The van der Waals surface area contributed by atoms with Crippen molar-refractivity contribution < 1.29 is 19.5 Å². The zero-order valence-corrected chi connectivity index (χ0v) is 24.1. The molecule has 0 aromatic heterocycles. The minimum atomic E-state index is -1.02. The van der Waals surface area contributed by atoms with E-state index in [4.69, 9.17) is 10.6 Å². The number of rotatable bonds is 11. The number of benzene rings is 3. The molecule has 0 aliphatic carbocycles. The summed E-state index contributed by atoms with van der Waals surface area (Å²) < 4.78 is 4.71. The van der Waals surface area contributed by atoms with Gasteiger partial charge in [-0.2, -0.15) is 5.26 Å². The first-order valence-electron chi connectivity index (χ1n) is 13.5. The molecule has 9 heteroatoms. The van der Waals surface area contributed by atoms with E-state index in [9.17, 15) is 20.1 Å². The molecule has 3 rings (SSSR count). The highest BCUT2D eigenvalue weighted by molar-refractivity contribution is 5.86. The molecule has 0 spiro atoms. The maximum Gasteiger partial charge on any atom is 0.407 e. The zero-order valence-electron chi connectivity index (χ0n) is 24.1. The topological polar surface area (TPSA) is 132 Å². The second kappa shape index (κ2) is 14.4. The predicted molar refractivity (Wildman–Crippen MR) is 157 cm³/mol. The number of nitrogens with zero attached hydrogens (tertiary/aromatic N) is 3. The summed E-state index contributed by atoms with van der Waals surface area (Å²) in [7, 11) is 1.22. The molecule has 3 aromatic rings. The fraction of sp³-hybridized carbons (Fsp3) is 0.344. The maximum absolute atomic E-state index is 13.5. The summed E-state index contributed by atoms with van der Waals surface area (Å²) in [5.74, 6) is 5.78. The number of carbonyl (C=O) groups is 2. The lowest BCUT2D eigenvalue weighted by atomic mass is 9.86. The molecular weight excluding hydrogens is 518 g/mol. The molecule has 3 aromatic carbocycles. The van der Waals surface area contributed by atoms with Crippen LogP contribution in [0.25, 0.3) is 11.1 Å². The fourth-order valence-corrected chi connectivity index (χ4v) is 4.60. The molecule has 0 unspecified atom stereocenters. The SMILES string of the molecule is COC(=O)N[C@H](C(=O)N(O)[C@@H](CCc1ccccc1)CN(N)Cc1ccc(-c2ccccc2C#N)cc1)C(C)(C)C. The van der Waals surface area contributed by atoms with Crippen LogP contribution in [0.1, 0.15) is 43.9 Å². The number of amides is 2. The van der Waals surface area contributed by atoms with E-state index in [0.29, 0.717) is 30.0 Å². The van der Waals surface area contributed by atoms with Crippen molar-refractivity contribution in [1.82, 2.24) is 15.4 Å².